The molecule has 1 atom stereocenters. The monoisotopic (exact) mass is 492 g/mol. The number of hydrogen-bond donors (Lipinski definition) is 1. The van der Waals surface area contributed by atoms with E-state index in [1.165, 1.54) is 30.0 Å². The normalized spacial score (nSPS) is 15.5. The second-order valence-electron chi connectivity index (χ2n) is 8.30. The highest BCUT2D eigenvalue weighted by Crippen LogP contribution is 2.41. The van der Waals surface area contributed by atoms with Gasteiger partial charge in [-0.1, -0.05) is 23.9 Å². The minimum Gasteiger partial charge on any atom is -0.459 e. The first-order valence-electron chi connectivity index (χ1n) is 10.9. The van der Waals surface area contributed by atoms with Crippen LogP contribution in [0, 0.1) is 49.3 Å². The van der Waals surface area contributed by atoms with E-state index < -0.39 is 23.8 Å². The summed E-state index contributed by atoms with van der Waals surface area (Å²) in [6.45, 7) is 9.01. The number of benzene rings is 1. The highest BCUT2D eigenvalue weighted by molar-refractivity contribution is 7.99. The van der Waals surface area contributed by atoms with E-state index in [-0.39, 0.29) is 28.5 Å². The zero-order valence-electron chi connectivity index (χ0n) is 20.1. The summed E-state index contributed by atoms with van der Waals surface area (Å²) in [6, 6.07) is 9.81. The summed E-state index contributed by atoms with van der Waals surface area (Å²) in [4.78, 5) is 17.8. The van der Waals surface area contributed by atoms with Crippen molar-refractivity contribution in [3.63, 3.8) is 0 Å². The van der Waals surface area contributed by atoms with Gasteiger partial charge in [-0.05, 0) is 63.4 Å². The fourth-order valence-electron chi connectivity index (χ4n) is 3.73. The summed E-state index contributed by atoms with van der Waals surface area (Å²) in [5.74, 6) is -2.13. The fourth-order valence-corrected chi connectivity index (χ4v) is 4.75. The van der Waals surface area contributed by atoms with E-state index in [1.807, 2.05) is 26.8 Å². The van der Waals surface area contributed by atoms with Gasteiger partial charge >= 0.3 is 5.97 Å². The van der Waals surface area contributed by atoms with Crippen LogP contribution >= 0.6 is 11.8 Å². The number of nitrogens with two attached hydrogens (primary N) is 1. The van der Waals surface area contributed by atoms with Crippen LogP contribution in [0.1, 0.15) is 47.7 Å². The summed E-state index contributed by atoms with van der Waals surface area (Å²) in [6.07, 6.45) is -0.444. The van der Waals surface area contributed by atoms with Crippen molar-refractivity contribution in [1.82, 2.24) is 4.98 Å². The van der Waals surface area contributed by atoms with E-state index >= 15 is 0 Å². The number of ether oxygens (including phenoxy) is 2. The van der Waals surface area contributed by atoms with Crippen molar-refractivity contribution in [2.45, 2.75) is 51.7 Å². The standard InChI is InChI=1S/C26H25FN4O3S/c1-13(2)33-26(32)23-21(12-35-25-19(10-28)15(4)14(3)16(5)31-25)34-24(30)20(11-29)22(23)17-7-6-8-18(27)9-17/h6-9,13,22H,12,30H2,1-5H3. The van der Waals surface area contributed by atoms with E-state index in [0.717, 1.165) is 16.8 Å². The minimum absolute atomic E-state index is 0.0158. The topological polar surface area (TPSA) is 122 Å². The predicted molar refractivity (Wildman–Crippen MR) is 129 cm³/mol. The average molecular weight is 493 g/mol. The first-order valence-corrected chi connectivity index (χ1v) is 11.8. The molecule has 180 valence electrons. The van der Waals surface area contributed by atoms with Gasteiger partial charge in [-0.15, -0.1) is 0 Å². The second-order valence-corrected chi connectivity index (χ2v) is 9.26. The lowest BCUT2D eigenvalue weighted by molar-refractivity contribution is -0.143. The summed E-state index contributed by atoms with van der Waals surface area (Å²) >= 11 is 1.21. The molecule has 0 radical (unpaired) electrons. The molecular formula is C26H25FN4O3S. The van der Waals surface area contributed by atoms with Crippen LogP contribution < -0.4 is 5.73 Å². The number of nitriles is 2. The number of halogens is 1. The highest BCUT2D eigenvalue weighted by Gasteiger charge is 2.38. The van der Waals surface area contributed by atoms with Crippen LogP contribution in [0.25, 0.3) is 0 Å². The van der Waals surface area contributed by atoms with E-state index in [4.69, 9.17) is 15.2 Å². The van der Waals surface area contributed by atoms with Crippen molar-refractivity contribution in [3.05, 3.63) is 80.8 Å². The number of thioether (sulfide) groups is 1. The molecule has 2 N–H and O–H groups in total. The SMILES string of the molecule is Cc1nc(SCC2=C(C(=O)OC(C)C)C(c3cccc(F)c3)C(C#N)=C(N)O2)c(C#N)c(C)c1C. The van der Waals surface area contributed by atoms with Gasteiger partial charge in [0.25, 0.3) is 0 Å². The molecule has 1 aromatic heterocycles. The van der Waals surface area contributed by atoms with Gasteiger partial charge in [0.15, 0.2) is 0 Å². The third kappa shape index (κ3) is 5.31. The van der Waals surface area contributed by atoms with Crippen LogP contribution in [-0.4, -0.2) is 22.8 Å². The van der Waals surface area contributed by atoms with Crippen molar-refractivity contribution in [1.29, 1.82) is 10.5 Å². The maximum Gasteiger partial charge on any atom is 0.338 e. The molecule has 35 heavy (non-hydrogen) atoms. The van der Waals surface area contributed by atoms with Crippen LogP contribution in [0.2, 0.25) is 0 Å². The Bertz CT molecular complexity index is 1340. The predicted octanol–water partition coefficient (Wildman–Crippen LogP) is 4.82. The quantitative estimate of drug-likeness (QED) is 0.450. The molecule has 0 bridgehead atoms. The van der Waals surface area contributed by atoms with Crippen molar-refractivity contribution < 1.29 is 18.7 Å². The zero-order chi connectivity index (χ0) is 25.9. The highest BCUT2D eigenvalue weighted by atomic mass is 32.2. The Balaban J connectivity index is 2.15. The molecule has 0 amide bonds. The lowest BCUT2D eigenvalue weighted by Crippen LogP contribution is -2.28. The van der Waals surface area contributed by atoms with E-state index in [2.05, 4.69) is 11.1 Å². The molecule has 0 spiro atoms. The molecule has 3 rings (SSSR count). The van der Waals surface area contributed by atoms with Crippen LogP contribution in [0.15, 0.2) is 52.1 Å². The van der Waals surface area contributed by atoms with Crippen molar-refractivity contribution >= 4 is 17.7 Å². The minimum atomic E-state index is -0.976. The number of rotatable bonds is 6. The fraction of sp³-hybridized carbons (Fsp3) is 0.308. The number of carbonyl (C=O) groups is 1. The van der Waals surface area contributed by atoms with Gasteiger partial charge in [-0.3, -0.25) is 0 Å². The molecule has 1 aliphatic rings. The number of allylic oxidation sites excluding steroid dienone is 1. The summed E-state index contributed by atoms with van der Waals surface area (Å²) < 4.78 is 25.3. The van der Waals surface area contributed by atoms with E-state index in [9.17, 15) is 19.7 Å². The molecule has 1 aromatic carbocycles. The number of nitrogens with zero attached hydrogens (tertiary/aromatic N) is 3. The van der Waals surface area contributed by atoms with Gasteiger partial charge in [0, 0.05) is 5.69 Å². The number of esters is 1. The molecule has 2 aromatic rings. The summed E-state index contributed by atoms with van der Waals surface area (Å²) in [5.41, 5.74) is 9.45. The number of hydrogen-bond acceptors (Lipinski definition) is 8. The number of pyridine rings is 1. The zero-order valence-corrected chi connectivity index (χ0v) is 20.9. The molecule has 1 aliphatic heterocycles. The van der Waals surface area contributed by atoms with Gasteiger partial charge in [0.05, 0.1) is 28.9 Å². The molecule has 0 fully saturated rings. The third-order valence-electron chi connectivity index (χ3n) is 5.66. The molecular weight excluding hydrogens is 467 g/mol. The Kier molecular flexibility index (Phi) is 7.83. The van der Waals surface area contributed by atoms with Crippen molar-refractivity contribution in [3.8, 4) is 12.1 Å². The Morgan fingerprint density at radius 3 is 2.57 bits per heavy atom. The van der Waals surface area contributed by atoms with Crippen LogP contribution in [0.4, 0.5) is 4.39 Å². The van der Waals surface area contributed by atoms with Crippen LogP contribution in [0.5, 0.6) is 0 Å². The molecule has 0 saturated heterocycles. The molecule has 0 aliphatic carbocycles. The first-order chi connectivity index (χ1) is 16.6. The van der Waals surface area contributed by atoms with Gasteiger partial charge in [-0.2, -0.15) is 10.5 Å². The van der Waals surface area contributed by atoms with Crippen LogP contribution in [-0.2, 0) is 14.3 Å². The Hall–Kier alpha value is -3.82. The molecule has 1 unspecified atom stereocenters. The number of carbonyl (C=O) groups excluding carboxylic acids is 1. The number of aromatic nitrogens is 1. The maximum absolute atomic E-state index is 14.1. The van der Waals surface area contributed by atoms with Gasteiger partial charge in [0.2, 0.25) is 5.88 Å². The lowest BCUT2D eigenvalue weighted by Gasteiger charge is -2.28. The second kappa shape index (κ2) is 10.6. The third-order valence-corrected chi connectivity index (χ3v) is 6.63. The summed E-state index contributed by atoms with van der Waals surface area (Å²) in [5, 5.41) is 20.0. The largest absolute Gasteiger partial charge is 0.459 e. The summed E-state index contributed by atoms with van der Waals surface area (Å²) in [7, 11) is 0. The van der Waals surface area contributed by atoms with Crippen molar-refractivity contribution in [2.24, 2.45) is 5.73 Å². The van der Waals surface area contributed by atoms with Gasteiger partial charge < -0.3 is 15.2 Å². The van der Waals surface area contributed by atoms with E-state index in [1.54, 1.807) is 19.9 Å². The Morgan fingerprint density at radius 2 is 1.97 bits per heavy atom. The lowest BCUT2D eigenvalue weighted by atomic mass is 9.83. The van der Waals surface area contributed by atoms with E-state index in [0.29, 0.717) is 16.2 Å². The Labute approximate surface area is 208 Å². The van der Waals surface area contributed by atoms with Gasteiger partial charge in [0.1, 0.15) is 34.3 Å². The smallest absolute Gasteiger partial charge is 0.338 e. The molecule has 7 nitrogen and oxygen atoms in total. The Morgan fingerprint density at radius 1 is 1.26 bits per heavy atom. The average Bonchev–Trinajstić information content (AvgIpc) is 2.80. The van der Waals surface area contributed by atoms with Crippen molar-refractivity contribution in [2.75, 3.05) is 5.75 Å². The van der Waals surface area contributed by atoms with Crippen LogP contribution in [0.3, 0.4) is 0 Å². The van der Waals surface area contributed by atoms with Gasteiger partial charge in [-0.25, -0.2) is 14.2 Å². The number of aryl methyl sites for hydroxylation is 1. The molecule has 0 saturated carbocycles. The first kappa shape index (κ1) is 25.8. The molecule has 9 heteroatoms. The molecule has 2 heterocycles. The maximum atomic E-state index is 14.1.